The Bertz CT molecular complexity index is 224. The lowest BCUT2D eigenvalue weighted by Gasteiger charge is -2.40. The maximum absolute atomic E-state index is 11.8. The molecule has 2 nitrogen and oxygen atoms in total. The summed E-state index contributed by atoms with van der Waals surface area (Å²) in [5.41, 5.74) is -0.629. The SMILES string of the molecule is O=C1CCCCCC2(O)CCCCC12. The average molecular weight is 196 g/mol. The predicted octanol–water partition coefficient (Wildman–Crippen LogP) is 2.44. The summed E-state index contributed by atoms with van der Waals surface area (Å²) in [5, 5.41) is 10.4. The molecule has 80 valence electrons. The lowest BCUT2D eigenvalue weighted by atomic mass is 9.69. The van der Waals surface area contributed by atoms with Gasteiger partial charge in [0.25, 0.3) is 0 Å². The molecule has 0 aromatic carbocycles. The van der Waals surface area contributed by atoms with Crippen LogP contribution in [0.5, 0.6) is 0 Å². The molecule has 2 aliphatic rings. The van der Waals surface area contributed by atoms with E-state index in [4.69, 9.17) is 0 Å². The van der Waals surface area contributed by atoms with Crippen LogP contribution in [0.15, 0.2) is 0 Å². The molecule has 0 amide bonds. The van der Waals surface area contributed by atoms with Gasteiger partial charge in [-0.2, -0.15) is 0 Å². The summed E-state index contributed by atoms with van der Waals surface area (Å²) in [7, 11) is 0. The van der Waals surface area contributed by atoms with Crippen LogP contribution >= 0.6 is 0 Å². The van der Waals surface area contributed by atoms with E-state index in [-0.39, 0.29) is 5.92 Å². The average Bonchev–Trinajstić information content (AvgIpc) is 2.15. The first-order valence-electron chi connectivity index (χ1n) is 5.97. The Morgan fingerprint density at radius 1 is 1.07 bits per heavy atom. The number of Topliss-reactive ketones (excluding diaryl/α,β-unsaturated/α-hetero) is 1. The third-order valence-electron chi connectivity index (χ3n) is 3.92. The number of aliphatic hydroxyl groups is 1. The van der Waals surface area contributed by atoms with Crippen LogP contribution in [0.25, 0.3) is 0 Å². The van der Waals surface area contributed by atoms with Crippen LogP contribution in [0.2, 0.25) is 0 Å². The molecular formula is C12H20O2. The highest BCUT2D eigenvalue weighted by atomic mass is 16.3. The summed E-state index contributed by atoms with van der Waals surface area (Å²) < 4.78 is 0. The van der Waals surface area contributed by atoms with Crippen LogP contribution in [-0.4, -0.2) is 16.5 Å². The van der Waals surface area contributed by atoms with Gasteiger partial charge in [-0.05, 0) is 25.7 Å². The molecule has 1 N–H and O–H groups in total. The molecule has 2 heteroatoms. The molecule has 0 saturated heterocycles. The second-order valence-electron chi connectivity index (χ2n) is 4.93. The predicted molar refractivity (Wildman–Crippen MR) is 55.0 cm³/mol. The number of hydrogen-bond acceptors (Lipinski definition) is 2. The molecule has 0 aromatic heterocycles. The van der Waals surface area contributed by atoms with Gasteiger partial charge in [0.1, 0.15) is 5.78 Å². The Kier molecular flexibility index (Phi) is 2.91. The quantitative estimate of drug-likeness (QED) is 0.646. The first-order chi connectivity index (χ1) is 6.72. The first-order valence-corrected chi connectivity index (χ1v) is 5.97. The molecule has 2 fully saturated rings. The fraction of sp³-hybridized carbons (Fsp3) is 0.917. The smallest absolute Gasteiger partial charge is 0.138 e. The number of fused-ring (bicyclic) bond motifs is 1. The fourth-order valence-corrected chi connectivity index (χ4v) is 3.06. The monoisotopic (exact) mass is 196 g/mol. The summed E-state index contributed by atoms with van der Waals surface area (Å²) in [6, 6.07) is 0. The van der Waals surface area contributed by atoms with Crippen molar-refractivity contribution in [3.63, 3.8) is 0 Å². The Morgan fingerprint density at radius 2 is 1.79 bits per heavy atom. The van der Waals surface area contributed by atoms with Crippen molar-refractivity contribution in [3.05, 3.63) is 0 Å². The van der Waals surface area contributed by atoms with Crippen LogP contribution < -0.4 is 0 Å². The van der Waals surface area contributed by atoms with Gasteiger partial charge in [0, 0.05) is 12.3 Å². The number of ketones is 1. The number of carbonyl (C=O) groups excluding carboxylic acids is 1. The number of carbonyl (C=O) groups is 1. The molecule has 0 spiro atoms. The molecule has 0 bridgehead atoms. The van der Waals surface area contributed by atoms with Crippen molar-refractivity contribution >= 4 is 5.78 Å². The van der Waals surface area contributed by atoms with Crippen molar-refractivity contribution in [2.24, 2.45) is 5.92 Å². The van der Waals surface area contributed by atoms with Crippen LogP contribution in [0.4, 0.5) is 0 Å². The largest absolute Gasteiger partial charge is 0.389 e. The Balaban J connectivity index is 2.15. The second kappa shape index (κ2) is 4.01. The van der Waals surface area contributed by atoms with E-state index in [2.05, 4.69) is 0 Å². The first kappa shape index (κ1) is 10.2. The summed E-state index contributed by atoms with van der Waals surface area (Å²) in [6.45, 7) is 0. The highest BCUT2D eigenvalue weighted by molar-refractivity contribution is 5.82. The van der Waals surface area contributed by atoms with E-state index in [1.54, 1.807) is 0 Å². The summed E-state index contributed by atoms with van der Waals surface area (Å²) in [4.78, 5) is 11.8. The molecule has 2 unspecified atom stereocenters. The zero-order valence-corrected chi connectivity index (χ0v) is 8.80. The molecule has 14 heavy (non-hydrogen) atoms. The normalized spacial score (nSPS) is 39.8. The van der Waals surface area contributed by atoms with Crippen molar-refractivity contribution < 1.29 is 9.90 Å². The Morgan fingerprint density at radius 3 is 2.57 bits per heavy atom. The Labute approximate surface area is 85.7 Å². The van der Waals surface area contributed by atoms with Gasteiger partial charge in [0.05, 0.1) is 5.60 Å². The van der Waals surface area contributed by atoms with Gasteiger partial charge >= 0.3 is 0 Å². The van der Waals surface area contributed by atoms with E-state index >= 15 is 0 Å². The minimum atomic E-state index is -0.629. The summed E-state index contributed by atoms with van der Waals surface area (Å²) in [5.74, 6) is 0.295. The van der Waals surface area contributed by atoms with Gasteiger partial charge in [-0.3, -0.25) is 4.79 Å². The van der Waals surface area contributed by atoms with Gasteiger partial charge in [-0.1, -0.05) is 25.7 Å². The minimum absolute atomic E-state index is 0.0310. The van der Waals surface area contributed by atoms with Crippen molar-refractivity contribution in [1.29, 1.82) is 0 Å². The third-order valence-corrected chi connectivity index (χ3v) is 3.92. The molecule has 0 radical (unpaired) electrons. The lowest BCUT2D eigenvalue weighted by Crippen LogP contribution is -2.45. The van der Waals surface area contributed by atoms with Crippen molar-refractivity contribution in [2.75, 3.05) is 0 Å². The van der Waals surface area contributed by atoms with E-state index in [0.29, 0.717) is 12.2 Å². The van der Waals surface area contributed by atoms with Crippen molar-refractivity contribution in [1.82, 2.24) is 0 Å². The van der Waals surface area contributed by atoms with E-state index in [9.17, 15) is 9.90 Å². The van der Waals surface area contributed by atoms with Crippen LogP contribution in [0.3, 0.4) is 0 Å². The van der Waals surface area contributed by atoms with E-state index < -0.39 is 5.60 Å². The Hall–Kier alpha value is -0.370. The van der Waals surface area contributed by atoms with Crippen LogP contribution in [0.1, 0.15) is 57.8 Å². The molecule has 2 aliphatic carbocycles. The van der Waals surface area contributed by atoms with E-state index in [1.165, 1.54) is 0 Å². The van der Waals surface area contributed by atoms with Crippen LogP contribution in [-0.2, 0) is 4.79 Å². The van der Waals surface area contributed by atoms with Gasteiger partial charge in [-0.15, -0.1) is 0 Å². The molecule has 2 atom stereocenters. The zero-order valence-electron chi connectivity index (χ0n) is 8.80. The molecule has 2 saturated carbocycles. The highest BCUT2D eigenvalue weighted by Gasteiger charge is 2.42. The van der Waals surface area contributed by atoms with Crippen molar-refractivity contribution in [2.45, 2.75) is 63.4 Å². The maximum Gasteiger partial charge on any atom is 0.138 e. The summed E-state index contributed by atoms with van der Waals surface area (Å²) in [6.07, 6.45) is 8.79. The molecule has 0 aliphatic heterocycles. The zero-order chi connectivity index (χ0) is 10.0. The third kappa shape index (κ3) is 1.85. The topological polar surface area (TPSA) is 37.3 Å². The molecule has 0 aromatic rings. The fourth-order valence-electron chi connectivity index (χ4n) is 3.06. The molecule has 0 heterocycles. The summed E-state index contributed by atoms with van der Waals surface area (Å²) >= 11 is 0. The van der Waals surface area contributed by atoms with Crippen molar-refractivity contribution in [3.8, 4) is 0 Å². The van der Waals surface area contributed by atoms with E-state index in [1.807, 2.05) is 0 Å². The minimum Gasteiger partial charge on any atom is -0.389 e. The van der Waals surface area contributed by atoms with Crippen LogP contribution in [0, 0.1) is 5.92 Å². The molecular weight excluding hydrogens is 176 g/mol. The van der Waals surface area contributed by atoms with Gasteiger partial charge in [0.2, 0.25) is 0 Å². The van der Waals surface area contributed by atoms with Gasteiger partial charge in [0.15, 0.2) is 0 Å². The van der Waals surface area contributed by atoms with Gasteiger partial charge in [-0.25, -0.2) is 0 Å². The number of hydrogen-bond donors (Lipinski definition) is 1. The number of rotatable bonds is 0. The maximum atomic E-state index is 11.8. The molecule has 2 rings (SSSR count). The standard InChI is InChI=1S/C12H20O2/c13-11-7-2-1-4-8-12(14)9-5-3-6-10(11)12/h10,14H,1-9H2. The highest BCUT2D eigenvalue weighted by Crippen LogP contribution is 2.40. The lowest BCUT2D eigenvalue weighted by molar-refractivity contribution is -0.138. The van der Waals surface area contributed by atoms with Gasteiger partial charge < -0.3 is 5.11 Å². The second-order valence-corrected chi connectivity index (χ2v) is 4.93. The van der Waals surface area contributed by atoms with E-state index in [0.717, 1.165) is 51.4 Å².